The van der Waals surface area contributed by atoms with Crippen LogP contribution < -0.4 is 10.2 Å². The Morgan fingerprint density at radius 3 is 2.83 bits per heavy atom. The lowest BCUT2D eigenvalue weighted by Crippen LogP contribution is -2.30. The predicted octanol–water partition coefficient (Wildman–Crippen LogP) is 1.50. The molecular weight excluding hydrogens is 317 g/mol. The first-order valence-electron chi connectivity index (χ1n) is 7.20. The highest BCUT2D eigenvalue weighted by atomic mass is 19.1. The number of aromatic nitrogens is 1. The van der Waals surface area contributed by atoms with E-state index in [4.69, 9.17) is 4.74 Å². The van der Waals surface area contributed by atoms with Gasteiger partial charge in [0.1, 0.15) is 11.9 Å². The molecule has 0 radical (unpaired) electrons. The molecule has 3 rings (SSSR count). The highest BCUT2D eigenvalue weighted by molar-refractivity contribution is 5.90. The fourth-order valence-corrected chi connectivity index (χ4v) is 2.52. The van der Waals surface area contributed by atoms with Crippen molar-refractivity contribution in [2.24, 2.45) is 0 Å². The van der Waals surface area contributed by atoms with Gasteiger partial charge in [0.05, 0.1) is 24.5 Å². The Hall–Kier alpha value is -3.16. The lowest BCUT2D eigenvalue weighted by Gasteiger charge is -2.14. The molecule has 1 aliphatic rings. The number of benzene rings is 1. The smallest absolute Gasteiger partial charge is 0.414 e. The molecule has 124 valence electrons. The van der Waals surface area contributed by atoms with E-state index in [9.17, 15) is 18.8 Å². The molecule has 1 atom stereocenters. The van der Waals surface area contributed by atoms with Gasteiger partial charge in [0, 0.05) is 18.0 Å². The van der Waals surface area contributed by atoms with Crippen LogP contribution in [-0.4, -0.2) is 42.6 Å². The maximum absolute atomic E-state index is 14.4. The van der Waals surface area contributed by atoms with Crippen LogP contribution in [0.15, 0.2) is 36.7 Å². The van der Waals surface area contributed by atoms with E-state index in [1.54, 1.807) is 18.3 Å². The molecule has 24 heavy (non-hydrogen) atoms. The standard InChI is InChI=1S/C16H14FN3O4/c17-14-5-12(20-8-13(6-18-10-22)24-16(20)23)1-2-15(14)19-4-3-11(7-19)9-21/h1-5,7,9-10,13H,6,8H2,(H,18,22)/t13-/m0/s1. The summed E-state index contributed by atoms with van der Waals surface area (Å²) in [6.07, 6.45) is 3.21. The zero-order valence-electron chi connectivity index (χ0n) is 12.5. The van der Waals surface area contributed by atoms with Gasteiger partial charge < -0.3 is 14.6 Å². The van der Waals surface area contributed by atoms with Gasteiger partial charge in [-0.05, 0) is 24.3 Å². The summed E-state index contributed by atoms with van der Waals surface area (Å²) in [4.78, 5) is 34.2. The summed E-state index contributed by atoms with van der Waals surface area (Å²) in [5, 5.41) is 2.44. The molecule has 0 unspecified atom stereocenters. The molecule has 1 saturated heterocycles. The highest BCUT2D eigenvalue weighted by Crippen LogP contribution is 2.25. The summed E-state index contributed by atoms with van der Waals surface area (Å²) >= 11 is 0. The van der Waals surface area contributed by atoms with Crippen molar-refractivity contribution in [1.29, 1.82) is 0 Å². The van der Waals surface area contributed by atoms with E-state index in [-0.39, 0.29) is 18.8 Å². The second-order valence-electron chi connectivity index (χ2n) is 5.25. The molecule has 0 spiro atoms. The molecule has 1 fully saturated rings. The Balaban J connectivity index is 1.80. The molecule has 1 aromatic heterocycles. The lowest BCUT2D eigenvalue weighted by atomic mass is 10.2. The van der Waals surface area contributed by atoms with Crippen molar-refractivity contribution in [3.05, 3.63) is 48.0 Å². The number of halogens is 1. The predicted molar refractivity (Wildman–Crippen MR) is 82.8 cm³/mol. The zero-order chi connectivity index (χ0) is 17.1. The summed E-state index contributed by atoms with van der Waals surface area (Å²) < 4.78 is 21.0. The SMILES string of the molecule is O=CNC[C@H]1CN(c2ccc(-n3ccc(C=O)c3)c(F)c2)C(=O)O1. The number of cyclic esters (lactones) is 1. The Morgan fingerprint density at radius 2 is 2.17 bits per heavy atom. The van der Waals surface area contributed by atoms with Gasteiger partial charge in [-0.1, -0.05) is 0 Å². The quantitative estimate of drug-likeness (QED) is 0.814. The number of rotatable bonds is 6. The molecule has 2 heterocycles. The van der Waals surface area contributed by atoms with Crippen molar-refractivity contribution in [1.82, 2.24) is 9.88 Å². The molecule has 0 aliphatic carbocycles. The minimum atomic E-state index is -0.593. The van der Waals surface area contributed by atoms with Crippen LogP contribution in [0.3, 0.4) is 0 Å². The van der Waals surface area contributed by atoms with Gasteiger partial charge >= 0.3 is 6.09 Å². The number of nitrogens with one attached hydrogen (secondary N) is 1. The summed E-state index contributed by atoms with van der Waals surface area (Å²) in [5.74, 6) is -0.539. The fourth-order valence-electron chi connectivity index (χ4n) is 2.52. The van der Waals surface area contributed by atoms with Gasteiger partial charge in [0.2, 0.25) is 6.41 Å². The topological polar surface area (TPSA) is 80.6 Å². The van der Waals surface area contributed by atoms with Crippen LogP contribution in [0.5, 0.6) is 0 Å². The summed E-state index contributed by atoms with van der Waals surface area (Å²) in [7, 11) is 0. The second kappa shape index (κ2) is 6.53. The lowest BCUT2D eigenvalue weighted by molar-refractivity contribution is -0.109. The summed E-state index contributed by atoms with van der Waals surface area (Å²) in [6.45, 7) is 0.418. The number of hydrogen-bond donors (Lipinski definition) is 1. The van der Waals surface area contributed by atoms with Crippen LogP contribution in [-0.2, 0) is 9.53 Å². The maximum atomic E-state index is 14.4. The summed E-state index contributed by atoms with van der Waals surface area (Å²) in [5.41, 5.74) is 1.06. The maximum Gasteiger partial charge on any atom is 0.414 e. The van der Waals surface area contributed by atoms with E-state index < -0.39 is 18.0 Å². The third-order valence-electron chi connectivity index (χ3n) is 3.68. The monoisotopic (exact) mass is 331 g/mol. The van der Waals surface area contributed by atoms with Crippen molar-refractivity contribution in [2.45, 2.75) is 6.10 Å². The van der Waals surface area contributed by atoms with Crippen LogP contribution in [0, 0.1) is 5.82 Å². The Labute approximate surface area is 136 Å². The van der Waals surface area contributed by atoms with Crippen molar-refractivity contribution in [3.63, 3.8) is 0 Å². The third-order valence-corrected chi connectivity index (χ3v) is 3.68. The van der Waals surface area contributed by atoms with Crippen LogP contribution in [0.25, 0.3) is 5.69 Å². The van der Waals surface area contributed by atoms with E-state index in [1.165, 1.54) is 27.8 Å². The van der Waals surface area contributed by atoms with Gasteiger partial charge in [0.15, 0.2) is 6.29 Å². The van der Waals surface area contributed by atoms with Crippen molar-refractivity contribution in [2.75, 3.05) is 18.0 Å². The highest BCUT2D eigenvalue weighted by Gasteiger charge is 2.32. The van der Waals surface area contributed by atoms with Gasteiger partial charge in [-0.3, -0.25) is 14.5 Å². The Bertz CT molecular complexity index is 789. The number of ether oxygens (including phenoxy) is 1. The minimum absolute atomic E-state index is 0.199. The number of nitrogens with zero attached hydrogens (tertiary/aromatic N) is 2. The third kappa shape index (κ3) is 2.98. The van der Waals surface area contributed by atoms with Crippen LogP contribution in [0.2, 0.25) is 0 Å². The van der Waals surface area contributed by atoms with E-state index in [2.05, 4.69) is 5.32 Å². The molecular formula is C16H14FN3O4. The molecule has 8 heteroatoms. The molecule has 1 aliphatic heterocycles. The number of aldehydes is 1. The minimum Gasteiger partial charge on any atom is -0.442 e. The first-order chi connectivity index (χ1) is 11.6. The number of carbonyl (C=O) groups is 3. The van der Waals surface area contributed by atoms with Crippen LogP contribution in [0.1, 0.15) is 10.4 Å². The average Bonchev–Trinajstić information content (AvgIpc) is 3.19. The number of anilines is 1. The van der Waals surface area contributed by atoms with E-state index in [0.29, 0.717) is 23.9 Å². The van der Waals surface area contributed by atoms with Crippen LogP contribution in [0.4, 0.5) is 14.9 Å². The van der Waals surface area contributed by atoms with Gasteiger partial charge in [-0.25, -0.2) is 9.18 Å². The van der Waals surface area contributed by atoms with E-state index in [0.717, 1.165) is 0 Å². The first kappa shape index (κ1) is 15.7. The summed E-state index contributed by atoms with van der Waals surface area (Å²) in [6, 6.07) is 5.91. The number of carbonyl (C=O) groups excluding carboxylic acids is 3. The molecule has 1 aromatic carbocycles. The Kier molecular flexibility index (Phi) is 4.28. The molecule has 7 nitrogen and oxygen atoms in total. The first-order valence-corrected chi connectivity index (χ1v) is 7.20. The normalized spacial score (nSPS) is 16.8. The average molecular weight is 331 g/mol. The van der Waals surface area contributed by atoms with Gasteiger partial charge in [0.25, 0.3) is 0 Å². The van der Waals surface area contributed by atoms with Crippen molar-refractivity contribution in [3.8, 4) is 5.69 Å². The largest absolute Gasteiger partial charge is 0.442 e. The molecule has 2 aromatic rings. The molecule has 0 bridgehead atoms. The molecule has 2 amide bonds. The Morgan fingerprint density at radius 1 is 1.33 bits per heavy atom. The molecule has 1 N–H and O–H groups in total. The van der Waals surface area contributed by atoms with Gasteiger partial charge in [-0.2, -0.15) is 0 Å². The number of hydrogen-bond acceptors (Lipinski definition) is 4. The number of amides is 2. The molecule has 0 saturated carbocycles. The fraction of sp³-hybridized carbons (Fsp3) is 0.188. The van der Waals surface area contributed by atoms with Gasteiger partial charge in [-0.15, -0.1) is 0 Å². The van der Waals surface area contributed by atoms with E-state index >= 15 is 0 Å². The van der Waals surface area contributed by atoms with Crippen LogP contribution >= 0.6 is 0 Å². The van der Waals surface area contributed by atoms with E-state index in [1.807, 2.05) is 0 Å². The van der Waals surface area contributed by atoms with Crippen molar-refractivity contribution < 1.29 is 23.5 Å². The second-order valence-corrected chi connectivity index (χ2v) is 5.25. The zero-order valence-corrected chi connectivity index (χ0v) is 12.5. The van der Waals surface area contributed by atoms with Crippen molar-refractivity contribution >= 4 is 24.5 Å².